The van der Waals surface area contributed by atoms with Crippen molar-refractivity contribution >= 4 is 29.1 Å². The van der Waals surface area contributed by atoms with E-state index in [0.29, 0.717) is 27.8 Å². The number of rotatable bonds is 7. The Morgan fingerprint density at radius 2 is 1.84 bits per heavy atom. The van der Waals surface area contributed by atoms with Crippen LogP contribution in [0.3, 0.4) is 0 Å². The SMILES string of the molecule is COc1ccc(OC)c(NC(=O)CCNC(=O)c2ccccc2Cl)c1. The van der Waals surface area contributed by atoms with Gasteiger partial charge in [0.25, 0.3) is 5.91 Å². The third-order valence-electron chi connectivity index (χ3n) is 3.44. The number of benzene rings is 2. The zero-order chi connectivity index (χ0) is 18.2. The summed E-state index contributed by atoms with van der Waals surface area (Å²) in [5.41, 5.74) is 0.878. The Morgan fingerprint density at radius 3 is 2.52 bits per heavy atom. The fourth-order valence-corrected chi connectivity index (χ4v) is 2.38. The lowest BCUT2D eigenvalue weighted by atomic mass is 10.2. The van der Waals surface area contributed by atoms with Gasteiger partial charge in [-0.3, -0.25) is 9.59 Å². The molecule has 6 nitrogen and oxygen atoms in total. The van der Waals surface area contributed by atoms with E-state index in [1.807, 2.05) is 0 Å². The minimum absolute atomic E-state index is 0.108. The smallest absolute Gasteiger partial charge is 0.252 e. The van der Waals surface area contributed by atoms with E-state index in [1.165, 1.54) is 14.2 Å². The fraction of sp³-hybridized carbons (Fsp3) is 0.222. The minimum atomic E-state index is -0.322. The molecular formula is C18H19ClN2O4. The van der Waals surface area contributed by atoms with E-state index in [4.69, 9.17) is 21.1 Å². The van der Waals surface area contributed by atoms with Crippen LogP contribution in [0.5, 0.6) is 11.5 Å². The van der Waals surface area contributed by atoms with Crippen molar-refractivity contribution in [3.05, 3.63) is 53.1 Å². The van der Waals surface area contributed by atoms with Gasteiger partial charge >= 0.3 is 0 Å². The first-order valence-electron chi connectivity index (χ1n) is 7.59. The topological polar surface area (TPSA) is 76.7 Å². The first-order valence-corrected chi connectivity index (χ1v) is 7.97. The van der Waals surface area contributed by atoms with E-state index in [0.717, 1.165) is 0 Å². The van der Waals surface area contributed by atoms with Crippen molar-refractivity contribution < 1.29 is 19.1 Å². The van der Waals surface area contributed by atoms with Crippen LogP contribution in [0.2, 0.25) is 5.02 Å². The third kappa shape index (κ3) is 5.12. The Bertz CT molecular complexity index is 764. The van der Waals surface area contributed by atoms with Crippen molar-refractivity contribution in [2.45, 2.75) is 6.42 Å². The maximum atomic E-state index is 12.1. The number of hydrogen-bond donors (Lipinski definition) is 2. The molecule has 7 heteroatoms. The maximum Gasteiger partial charge on any atom is 0.252 e. The Labute approximate surface area is 151 Å². The van der Waals surface area contributed by atoms with Crippen LogP contribution >= 0.6 is 11.6 Å². The van der Waals surface area contributed by atoms with E-state index in [-0.39, 0.29) is 24.8 Å². The Hall–Kier alpha value is -2.73. The lowest BCUT2D eigenvalue weighted by molar-refractivity contribution is -0.116. The van der Waals surface area contributed by atoms with Gasteiger partial charge < -0.3 is 20.1 Å². The summed E-state index contributed by atoms with van der Waals surface area (Å²) in [5, 5.41) is 5.77. The van der Waals surface area contributed by atoms with Gasteiger partial charge in [0.1, 0.15) is 11.5 Å². The second kappa shape index (κ2) is 8.94. The van der Waals surface area contributed by atoms with Crippen LogP contribution in [0.4, 0.5) is 5.69 Å². The number of carbonyl (C=O) groups excluding carboxylic acids is 2. The molecule has 0 heterocycles. The molecule has 2 rings (SSSR count). The van der Waals surface area contributed by atoms with Crippen molar-refractivity contribution in [1.82, 2.24) is 5.32 Å². The predicted octanol–water partition coefficient (Wildman–Crippen LogP) is 3.12. The van der Waals surface area contributed by atoms with Gasteiger partial charge in [-0.2, -0.15) is 0 Å². The number of hydrogen-bond acceptors (Lipinski definition) is 4. The lowest BCUT2D eigenvalue weighted by Gasteiger charge is -2.12. The number of methoxy groups -OCH3 is 2. The fourth-order valence-electron chi connectivity index (χ4n) is 2.15. The van der Waals surface area contributed by atoms with Crippen LogP contribution in [0.1, 0.15) is 16.8 Å². The van der Waals surface area contributed by atoms with E-state index in [1.54, 1.807) is 42.5 Å². The summed E-state index contributed by atoms with van der Waals surface area (Å²) in [5.74, 6) is 0.542. The Morgan fingerprint density at radius 1 is 1.08 bits per heavy atom. The van der Waals surface area contributed by atoms with Crippen LogP contribution in [-0.2, 0) is 4.79 Å². The molecule has 2 N–H and O–H groups in total. The number of amides is 2. The van der Waals surface area contributed by atoms with Gasteiger partial charge in [0.05, 0.1) is 30.5 Å². The van der Waals surface area contributed by atoms with Crippen molar-refractivity contribution in [1.29, 1.82) is 0 Å². The van der Waals surface area contributed by atoms with Crippen molar-refractivity contribution in [2.75, 3.05) is 26.1 Å². The van der Waals surface area contributed by atoms with Crippen molar-refractivity contribution in [3.63, 3.8) is 0 Å². The van der Waals surface area contributed by atoms with E-state index < -0.39 is 0 Å². The molecule has 132 valence electrons. The predicted molar refractivity (Wildman–Crippen MR) is 96.6 cm³/mol. The molecule has 0 bridgehead atoms. The largest absolute Gasteiger partial charge is 0.497 e. The average Bonchev–Trinajstić information content (AvgIpc) is 2.61. The zero-order valence-electron chi connectivity index (χ0n) is 14.0. The van der Waals surface area contributed by atoms with Gasteiger partial charge in [-0.15, -0.1) is 0 Å². The van der Waals surface area contributed by atoms with E-state index >= 15 is 0 Å². The number of ether oxygens (including phenoxy) is 2. The van der Waals surface area contributed by atoms with E-state index in [2.05, 4.69) is 10.6 Å². The highest BCUT2D eigenvalue weighted by atomic mass is 35.5. The quantitative estimate of drug-likeness (QED) is 0.793. The van der Waals surface area contributed by atoms with Crippen LogP contribution < -0.4 is 20.1 Å². The Balaban J connectivity index is 1.89. The molecule has 25 heavy (non-hydrogen) atoms. The second-order valence-corrected chi connectivity index (χ2v) is 5.51. The maximum absolute atomic E-state index is 12.1. The van der Waals surface area contributed by atoms with Gasteiger partial charge in [0, 0.05) is 19.0 Å². The molecule has 0 aromatic heterocycles. The van der Waals surface area contributed by atoms with E-state index in [9.17, 15) is 9.59 Å². The standard InChI is InChI=1S/C18H19ClN2O4/c1-24-12-7-8-16(25-2)15(11-12)21-17(22)9-10-20-18(23)13-5-3-4-6-14(13)19/h3-8,11H,9-10H2,1-2H3,(H,20,23)(H,21,22). The highest BCUT2D eigenvalue weighted by Gasteiger charge is 2.12. The zero-order valence-corrected chi connectivity index (χ0v) is 14.7. The summed E-state index contributed by atoms with van der Waals surface area (Å²) in [6, 6.07) is 11.8. The van der Waals surface area contributed by atoms with Gasteiger partial charge in [0.2, 0.25) is 5.91 Å². The van der Waals surface area contributed by atoms with Crippen molar-refractivity contribution in [2.24, 2.45) is 0 Å². The molecule has 0 unspecified atom stereocenters. The molecule has 2 amide bonds. The van der Waals surface area contributed by atoms with Gasteiger partial charge in [0.15, 0.2) is 0 Å². The van der Waals surface area contributed by atoms with Gasteiger partial charge in [-0.25, -0.2) is 0 Å². The highest BCUT2D eigenvalue weighted by molar-refractivity contribution is 6.33. The summed E-state index contributed by atoms with van der Waals surface area (Å²) in [6.07, 6.45) is 0.108. The molecule has 2 aromatic rings. The number of carbonyl (C=O) groups is 2. The normalized spacial score (nSPS) is 10.0. The van der Waals surface area contributed by atoms with Crippen LogP contribution in [-0.4, -0.2) is 32.6 Å². The average molecular weight is 363 g/mol. The summed E-state index contributed by atoms with van der Waals surface area (Å²) >= 11 is 5.96. The first-order chi connectivity index (χ1) is 12.0. The van der Waals surface area contributed by atoms with Crippen LogP contribution in [0.15, 0.2) is 42.5 Å². The third-order valence-corrected chi connectivity index (χ3v) is 3.77. The molecular weight excluding hydrogens is 344 g/mol. The van der Waals surface area contributed by atoms with Crippen LogP contribution in [0, 0.1) is 0 Å². The van der Waals surface area contributed by atoms with Gasteiger partial charge in [-0.1, -0.05) is 23.7 Å². The second-order valence-electron chi connectivity index (χ2n) is 5.10. The molecule has 0 aliphatic rings. The summed E-state index contributed by atoms with van der Waals surface area (Å²) in [6.45, 7) is 0.183. The molecule has 0 fully saturated rings. The lowest BCUT2D eigenvalue weighted by Crippen LogP contribution is -2.27. The molecule has 0 saturated heterocycles. The molecule has 2 aromatic carbocycles. The molecule has 0 aliphatic heterocycles. The molecule has 0 radical (unpaired) electrons. The highest BCUT2D eigenvalue weighted by Crippen LogP contribution is 2.28. The minimum Gasteiger partial charge on any atom is -0.497 e. The molecule has 0 spiro atoms. The van der Waals surface area contributed by atoms with Crippen molar-refractivity contribution in [3.8, 4) is 11.5 Å². The van der Waals surface area contributed by atoms with Crippen LogP contribution in [0.25, 0.3) is 0 Å². The number of nitrogens with one attached hydrogen (secondary N) is 2. The number of anilines is 1. The first kappa shape index (κ1) is 18.6. The summed E-state index contributed by atoms with van der Waals surface area (Å²) in [4.78, 5) is 24.1. The van der Waals surface area contributed by atoms with Gasteiger partial charge in [-0.05, 0) is 24.3 Å². The molecule has 0 aliphatic carbocycles. The molecule has 0 saturated carbocycles. The monoisotopic (exact) mass is 362 g/mol. The summed E-state index contributed by atoms with van der Waals surface area (Å²) in [7, 11) is 3.05. The summed E-state index contributed by atoms with van der Waals surface area (Å²) < 4.78 is 10.3. The molecule has 0 atom stereocenters. The Kier molecular flexibility index (Phi) is 6.65. The number of halogens is 1.